The molecule has 0 atom stereocenters. The lowest BCUT2D eigenvalue weighted by molar-refractivity contribution is -0.123. The highest BCUT2D eigenvalue weighted by Crippen LogP contribution is 2.28. The molecular formula is C23H22N2O7. The first-order chi connectivity index (χ1) is 15.6. The number of hydrogen-bond donors (Lipinski definition) is 1. The minimum Gasteiger partial charge on any atom is -0.493 e. The molecule has 0 fully saturated rings. The first kappa shape index (κ1) is 22.4. The van der Waals surface area contributed by atoms with Gasteiger partial charge in [0.15, 0.2) is 29.6 Å². The van der Waals surface area contributed by atoms with Gasteiger partial charge in [0.1, 0.15) is 0 Å². The second-order valence-electron chi connectivity index (χ2n) is 6.24. The number of carbonyl (C=O) groups excluding carboxylic acids is 2. The molecule has 0 saturated heterocycles. The van der Waals surface area contributed by atoms with Gasteiger partial charge in [0.05, 0.1) is 26.2 Å². The average molecular weight is 438 g/mol. The largest absolute Gasteiger partial charge is 0.493 e. The highest BCUT2D eigenvalue weighted by molar-refractivity contribution is 5.89. The quantitative estimate of drug-likeness (QED) is 0.224. The topological polar surface area (TPSA) is 109 Å². The molecular weight excluding hydrogens is 416 g/mol. The van der Waals surface area contributed by atoms with Crippen molar-refractivity contribution in [1.29, 1.82) is 0 Å². The molecule has 0 spiro atoms. The number of benzene rings is 2. The molecule has 1 aromatic heterocycles. The highest BCUT2D eigenvalue weighted by Gasteiger charge is 2.15. The maximum atomic E-state index is 12.0. The van der Waals surface area contributed by atoms with Gasteiger partial charge in [-0.05, 0) is 55.0 Å². The third-order valence-corrected chi connectivity index (χ3v) is 4.02. The van der Waals surface area contributed by atoms with Gasteiger partial charge in [-0.3, -0.25) is 4.79 Å². The molecule has 1 N–H and O–H groups in total. The van der Waals surface area contributed by atoms with E-state index >= 15 is 0 Å². The maximum absolute atomic E-state index is 12.0. The predicted molar refractivity (Wildman–Crippen MR) is 116 cm³/mol. The van der Waals surface area contributed by atoms with E-state index in [0.29, 0.717) is 29.4 Å². The fourth-order valence-electron chi connectivity index (χ4n) is 2.59. The molecule has 2 aromatic carbocycles. The lowest BCUT2D eigenvalue weighted by atomic mass is 10.2. The number of methoxy groups -OCH3 is 1. The Kier molecular flexibility index (Phi) is 7.85. The molecule has 1 heterocycles. The van der Waals surface area contributed by atoms with E-state index < -0.39 is 11.9 Å². The number of ether oxygens (including phenoxy) is 4. The number of hydrogen-bond acceptors (Lipinski definition) is 8. The number of carbonyl (C=O) groups is 2. The number of nitrogens with zero attached hydrogens (tertiary/aromatic N) is 1. The standard InChI is InChI=1S/C23H22N2O7/c1-3-29-17-7-4-5-8-18(17)31-15-22(26)25-24-14-16-10-11-19(21(13-16)28-2)32-23(27)20-9-6-12-30-20/h4-14H,3,15H2,1-2H3,(H,25,26). The Balaban J connectivity index is 1.54. The van der Waals surface area contributed by atoms with Crippen molar-refractivity contribution in [3.8, 4) is 23.0 Å². The molecule has 166 valence electrons. The molecule has 0 aliphatic carbocycles. The van der Waals surface area contributed by atoms with Crippen LogP contribution in [0.5, 0.6) is 23.0 Å². The van der Waals surface area contributed by atoms with E-state index in [9.17, 15) is 9.59 Å². The summed E-state index contributed by atoms with van der Waals surface area (Å²) in [6, 6.07) is 15.0. The first-order valence-electron chi connectivity index (χ1n) is 9.71. The summed E-state index contributed by atoms with van der Waals surface area (Å²) < 4.78 is 26.5. The van der Waals surface area contributed by atoms with Crippen LogP contribution in [0.4, 0.5) is 0 Å². The van der Waals surface area contributed by atoms with Crippen molar-refractivity contribution in [3.63, 3.8) is 0 Å². The van der Waals surface area contributed by atoms with E-state index in [1.165, 1.54) is 25.7 Å². The van der Waals surface area contributed by atoms with Gasteiger partial charge in [-0.15, -0.1) is 0 Å². The smallest absolute Gasteiger partial charge is 0.379 e. The van der Waals surface area contributed by atoms with Crippen LogP contribution in [-0.2, 0) is 4.79 Å². The van der Waals surface area contributed by atoms with Crippen molar-refractivity contribution >= 4 is 18.1 Å². The molecule has 3 rings (SSSR count). The van der Waals surface area contributed by atoms with E-state index in [2.05, 4.69) is 10.5 Å². The summed E-state index contributed by atoms with van der Waals surface area (Å²) in [7, 11) is 1.44. The lowest BCUT2D eigenvalue weighted by Gasteiger charge is -2.10. The lowest BCUT2D eigenvalue weighted by Crippen LogP contribution is -2.24. The number of para-hydroxylation sites is 2. The summed E-state index contributed by atoms with van der Waals surface area (Å²) in [5, 5.41) is 3.91. The third-order valence-electron chi connectivity index (χ3n) is 4.02. The molecule has 9 heteroatoms. The molecule has 0 aliphatic heterocycles. The normalized spacial score (nSPS) is 10.6. The third kappa shape index (κ3) is 6.11. The van der Waals surface area contributed by atoms with Crippen LogP contribution in [0.3, 0.4) is 0 Å². The second kappa shape index (κ2) is 11.2. The Morgan fingerprint density at radius 3 is 2.47 bits per heavy atom. The Hall–Kier alpha value is -4.27. The van der Waals surface area contributed by atoms with Crippen molar-refractivity contribution in [2.24, 2.45) is 5.10 Å². The van der Waals surface area contributed by atoms with Crippen LogP contribution in [0.25, 0.3) is 0 Å². The fraction of sp³-hybridized carbons (Fsp3) is 0.174. The van der Waals surface area contributed by atoms with Crippen LogP contribution in [0.15, 0.2) is 70.4 Å². The number of hydrazone groups is 1. The minimum atomic E-state index is -0.645. The molecule has 0 unspecified atom stereocenters. The van der Waals surface area contributed by atoms with Gasteiger partial charge in [0.2, 0.25) is 5.76 Å². The van der Waals surface area contributed by atoms with Crippen molar-refractivity contribution in [1.82, 2.24) is 5.43 Å². The number of furan rings is 1. The van der Waals surface area contributed by atoms with Crippen molar-refractivity contribution in [2.75, 3.05) is 20.3 Å². The molecule has 32 heavy (non-hydrogen) atoms. The van der Waals surface area contributed by atoms with Crippen molar-refractivity contribution < 1.29 is 33.0 Å². The van der Waals surface area contributed by atoms with E-state index in [4.69, 9.17) is 23.4 Å². The zero-order chi connectivity index (χ0) is 22.8. The van der Waals surface area contributed by atoms with Crippen molar-refractivity contribution in [2.45, 2.75) is 6.92 Å². The van der Waals surface area contributed by atoms with Crippen LogP contribution in [0.2, 0.25) is 0 Å². The van der Waals surface area contributed by atoms with Gasteiger partial charge < -0.3 is 23.4 Å². The summed E-state index contributed by atoms with van der Waals surface area (Å²) in [5.41, 5.74) is 3.00. The van der Waals surface area contributed by atoms with Crippen LogP contribution >= 0.6 is 0 Å². The number of rotatable bonds is 10. The Morgan fingerprint density at radius 1 is 1.00 bits per heavy atom. The minimum absolute atomic E-state index is 0.0755. The zero-order valence-electron chi connectivity index (χ0n) is 17.6. The molecule has 0 bridgehead atoms. The van der Waals surface area contributed by atoms with Gasteiger partial charge in [-0.1, -0.05) is 12.1 Å². The first-order valence-corrected chi connectivity index (χ1v) is 9.71. The SMILES string of the molecule is CCOc1ccccc1OCC(=O)NN=Cc1ccc(OC(=O)c2ccco2)c(OC)c1. The second-order valence-corrected chi connectivity index (χ2v) is 6.24. The highest BCUT2D eigenvalue weighted by atomic mass is 16.6. The molecule has 0 saturated carbocycles. The van der Waals surface area contributed by atoms with E-state index in [1.54, 1.807) is 42.5 Å². The van der Waals surface area contributed by atoms with Crippen LogP contribution in [0, 0.1) is 0 Å². The summed E-state index contributed by atoms with van der Waals surface area (Å²) in [6.07, 6.45) is 2.80. The number of amides is 1. The van der Waals surface area contributed by atoms with Crippen LogP contribution in [-0.4, -0.2) is 38.4 Å². The van der Waals surface area contributed by atoms with Crippen LogP contribution < -0.4 is 24.4 Å². The summed E-state index contributed by atoms with van der Waals surface area (Å²) in [6.45, 7) is 2.12. The molecule has 9 nitrogen and oxygen atoms in total. The van der Waals surface area contributed by atoms with E-state index in [0.717, 1.165) is 0 Å². The fourth-order valence-corrected chi connectivity index (χ4v) is 2.59. The molecule has 0 aliphatic rings. The molecule has 1 amide bonds. The number of nitrogens with one attached hydrogen (secondary N) is 1. The summed E-state index contributed by atoms with van der Waals surface area (Å²) in [5.74, 6) is 0.555. The zero-order valence-corrected chi connectivity index (χ0v) is 17.6. The predicted octanol–water partition coefficient (Wildman–Crippen LogP) is 3.44. The maximum Gasteiger partial charge on any atom is 0.379 e. The monoisotopic (exact) mass is 438 g/mol. The van der Waals surface area contributed by atoms with Gasteiger partial charge >= 0.3 is 5.97 Å². The number of esters is 1. The van der Waals surface area contributed by atoms with Crippen molar-refractivity contribution in [3.05, 3.63) is 72.2 Å². The van der Waals surface area contributed by atoms with Gasteiger partial charge in [0.25, 0.3) is 5.91 Å². The summed E-state index contributed by atoms with van der Waals surface area (Å²) >= 11 is 0. The van der Waals surface area contributed by atoms with E-state index in [-0.39, 0.29) is 18.1 Å². The van der Waals surface area contributed by atoms with Gasteiger partial charge in [-0.25, -0.2) is 10.2 Å². The Labute approximate surface area is 184 Å². The molecule has 0 radical (unpaired) electrons. The van der Waals surface area contributed by atoms with Gasteiger partial charge in [-0.2, -0.15) is 5.10 Å². The van der Waals surface area contributed by atoms with E-state index in [1.807, 2.05) is 13.0 Å². The van der Waals surface area contributed by atoms with Crippen LogP contribution in [0.1, 0.15) is 23.0 Å². The molecule has 3 aromatic rings. The summed E-state index contributed by atoms with van der Waals surface area (Å²) in [4.78, 5) is 24.0. The Bertz CT molecular complexity index is 1080. The average Bonchev–Trinajstić information content (AvgIpc) is 3.35. The van der Waals surface area contributed by atoms with Gasteiger partial charge in [0, 0.05) is 0 Å². The Morgan fingerprint density at radius 2 is 1.78 bits per heavy atom.